The summed E-state index contributed by atoms with van der Waals surface area (Å²) in [5, 5.41) is 3.66. The first-order chi connectivity index (χ1) is 18.0. The van der Waals surface area contributed by atoms with Crippen molar-refractivity contribution in [2.24, 2.45) is 0 Å². The molecule has 0 aliphatic carbocycles. The van der Waals surface area contributed by atoms with Crippen molar-refractivity contribution < 1.29 is 26.5 Å². The molecule has 38 heavy (non-hydrogen) atoms. The molecule has 1 aliphatic rings. The number of hydrogen-bond donors (Lipinski definition) is 2. The number of hydrogen-bond acceptors (Lipinski definition) is 5. The first kappa shape index (κ1) is 29.3. The number of alkyl halides is 4. The van der Waals surface area contributed by atoms with Crippen molar-refractivity contribution in [3.63, 3.8) is 0 Å². The van der Waals surface area contributed by atoms with Crippen LogP contribution in [0, 0.1) is 11.8 Å². The second-order valence-corrected chi connectivity index (χ2v) is 10.4. The molecule has 1 fully saturated rings. The van der Waals surface area contributed by atoms with Gasteiger partial charge in [0.2, 0.25) is 0 Å². The first-order valence-electron chi connectivity index (χ1n) is 12.0. The molecule has 1 saturated heterocycles. The summed E-state index contributed by atoms with van der Waals surface area (Å²) in [6, 6.07) is 9.97. The molecule has 0 spiro atoms. The second kappa shape index (κ2) is 13.0. The molecule has 11 heteroatoms. The lowest BCUT2D eigenvalue weighted by molar-refractivity contribution is -0.139. The molecular formula is C27H32F4N4O2S. The lowest BCUT2D eigenvalue weighted by atomic mass is 10.1. The Morgan fingerprint density at radius 3 is 2.61 bits per heavy atom. The number of nitrogens with two attached hydrogens (primary N) is 1. The van der Waals surface area contributed by atoms with Gasteiger partial charge in [-0.25, -0.2) is 4.39 Å². The molecule has 206 valence electrons. The van der Waals surface area contributed by atoms with E-state index >= 15 is 0 Å². The van der Waals surface area contributed by atoms with Gasteiger partial charge in [-0.3, -0.25) is 4.21 Å². The number of fused-ring (bicyclic) bond motifs is 1. The minimum atomic E-state index is -4.33. The molecule has 3 aromatic rings. The molecule has 0 radical (unpaired) electrons. The van der Waals surface area contributed by atoms with Crippen LogP contribution in [0.1, 0.15) is 18.4 Å². The van der Waals surface area contributed by atoms with Crippen LogP contribution in [0.4, 0.5) is 28.9 Å². The third-order valence-corrected chi connectivity index (χ3v) is 6.86. The fourth-order valence-corrected chi connectivity index (χ4v) is 4.65. The molecule has 2 aromatic carbocycles. The highest BCUT2D eigenvalue weighted by molar-refractivity contribution is 7.84. The smallest absolute Gasteiger partial charge is 0.406 e. The number of nitrogens with one attached hydrogen (secondary N) is 1. The van der Waals surface area contributed by atoms with Crippen LogP contribution in [0.5, 0.6) is 5.75 Å². The summed E-state index contributed by atoms with van der Waals surface area (Å²) in [4.78, 5) is 2.68. The van der Waals surface area contributed by atoms with Crippen molar-refractivity contribution in [3.05, 3.63) is 48.2 Å². The summed E-state index contributed by atoms with van der Waals surface area (Å²) >= 11 is 0. The van der Waals surface area contributed by atoms with Gasteiger partial charge in [-0.05, 0) is 62.8 Å². The number of nitrogens with zero attached hydrogens (tertiary/aromatic N) is 2. The van der Waals surface area contributed by atoms with Crippen LogP contribution in [0.2, 0.25) is 0 Å². The zero-order valence-electron chi connectivity index (χ0n) is 21.6. The van der Waals surface area contributed by atoms with E-state index in [1.54, 1.807) is 42.7 Å². The van der Waals surface area contributed by atoms with Gasteiger partial charge >= 0.3 is 6.18 Å². The molecule has 2 atom stereocenters. The van der Waals surface area contributed by atoms with Crippen molar-refractivity contribution in [3.8, 4) is 17.6 Å². The third-order valence-electron chi connectivity index (χ3n) is 5.94. The first-order valence-corrected chi connectivity index (χ1v) is 13.5. The number of likely N-dealkylation sites (tertiary alicyclic amines) is 1. The predicted molar refractivity (Wildman–Crippen MR) is 145 cm³/mol. The lowest BCUT2D eigenvalue weighted by Crippen LogP contribution is -2.32. The van der Waals surface area contributed by atoms with Crippen LogP contribution in [0.3, 0.4) is 0 Å². The molecule has 2 unspecified atom stereocenters. The van der Waals surface area contributed by atoms with E-state index in [2.05, 4.69) is 17.2 Å². The van der Waals surface area contributed by atoms with E-state index in [-0.39, 0.29) is 6.54 Å². The van der Waals surface area contributed by atoms with Crippen molar-refractivity contribution in [2.75, 3.05) is 51.1 Å². The Labute approximate surface area is 222 Å². The van der Waals surface area contributed by atoms with Gasteiger partial charge < -0.3 is 25.3 Å². The van der Waals surface area contributed by atoms with E-state index in [0.717, 1.165) is 24.0 Å². The molecule has 0 amide bonds. The van der Waals surface area contributed by atoms with Gasteiger partial charge in [0, 0.05) is 51.3 Å². The van der Waals surface area contributed by atoms with Crippen molar-refractivity contribution in [2.45, 2.75) is 36.6 Å². The molecule has 1 aliphatic heterocycles. The Bertz CT molecular complexity index is 1320. The fourth-order valence-electron chi connectivity index (χ4n) is 4.11. The van der Waals surface area contributed by atoms with E-state index in [4.69, 9.17) is 10.5 Å². The Balaban J connectivity index is 0.000000427. The number of ether oxygens (including phenoxy) is 1. The van der Waals surface area contributed by atoms with Gasteiger partial charge in [-0.15, -0.1) is 0 Å². The zero-order valence-corrected chi connectivity index (χ0v) is 22.4. The number of methoxy groups -OCH3 is 1. The van der Waals surface area contributed by atoms with Crippen LogP contribution in [0.15, 0.2) is 47.5 Å². The number of aromatic nitrogens is 1. The van der Waals surface area contributed by atoms with E-state index in [9.17, 15) is 21.8 Å². The van der Waals surface area contributed by atoms with Crippen LogP contribution >= 0.6 is 0 Å². The van der Waals surface area contributed by atoms with E-state index in [1.807, 2.05) is 11.9 Å². The molecule has 1 aromatic heterocycles. The van der Waals surface area contributed by atoms with Crippen LogP contribution in [0.25, 0.3) is 10.9 Å². The van der Waals surface area contributed by atoms with Crippen molar-refractivity contribution >= 4 is 33.1 Å². The minimum absolute atomic E-state index is 0.270. The second-order valence-electron chi connectivity index (χ2n) is 9.03. The summed E-state index contributed by atoms with van der Waals surface area (Å²) in [5.41, 5.74) is 7.95. The summed E-state index contributed by atoms with van der Waals surface area (Å²) in [6.07, 6.45) is -0.144. The van der Waals surface area contributed by atoms with Crippen molar-refractivity contribution in [1.82, 2.24) is 9.47 Å². The lowest BCUT2D eigenvalue weighted by Gasteiger charge is -2.24. The maximum atomic E-state index is 12.8. The highest BCUT2D eigenvalue weighted by Gasteiger charge is 2.28. The zero-order chi connectivity index (χ0) is 27.9. The van der Waals surface area contributed by atoms with Crippen LogP contribution in [-0.4, -0.2) is 66.1 Å². The minimum Gasteiger partial charge on any atom is -0.495 e. The van der Waals surface area contributed by atoms with Gasteiger partial charge in [0.05, 0.1) is 24.9 Å². The van der Waals surface area contributed by atoms with Crippen molar-refractivity contribution in [1.29, 1.82) is 0 Å². The van der Waals surface area contributed by atoms with Crippen LogP contribution < -0.4 is 15.8 Å². The number of halogens is 4. The molecule has 3 N–H and O–H groups in total. The number of anilines is 2. The monoisotopic (exact) mass is 552 g/mol. The molecule has 0 saturated carbocycles. The normalized spacial score (nSPS) is 16.7. The number of piperidine rings is 1. The summed E-state index contributed by atoms with van der Waals surface area (Å²) < 4.78 is 68.7. The standard InChI is InChI=1S/C21H20F3N3O2S.C6H12FN/c1-29-20-12-15(30(2)28)5-6-18(20)26-8-3-4-14-10-17(25)16-7-9-27(19(16)11-14)13-21(22,23)24;1-8-4-2-3-6(7)5-8/h5-7,9-12,26H,8,13,25H2,1-2H3;6H,2-5H2,1H3. The summed E-state index contributed by atoms with van der Waals surface area (Å²) in [7, 11) is 2.36. The molecule has 2 heterocycles. The molecular weight excluding hydrogens is 520 g/mol. The average molecular weight is 553 g/mol. The number of benzene rings is 2. The Hall–Kier alpha value is -3.23. The van der Waals surface area contributed by atoms with Gasteiger partial charge in [0.1, 0.15) is 18.5 Å². The quantitative estimate of drug-likeness (QED) is 0.264. The van der Waals surface area contributed by atoms with Gasteiger partial charge in [-0.1, -0.05) is 11.8 Å². The Kier molecular flexibility index (Phi) is 10.1. The highest BCUT2D eigenvalue weighted by atomic mass is 32.2. The SMILES string of the molecule is CN1CCCC(F)C1.COc1cc(S(C)=O)ccc1NCC#Cc1cc(N)c2ccn(CC(F)(F)F)c2c1. The van der Waals surface area contributed by atoms with Gasteiger partial charge in [0.15, 0.2) is 0 Å². The highest BCUT2D eigenvalue weighted by Crippen LogP contribution is 2.28. The van der Waals surface area contributed by atoms with Crippen LogP contribution in [-0.2, 0) is 17.3 Å². The van der Waals surface area contributed by atoms with Gasteiger partial charge in [0.25, 0.3) is 0 Å². The van der Waals surface area contributed by atoms with E-state index in [0.29, 0.717) is 45.0 Å². The van der Waals surface area contributed by atoms with E-state index < -0.39 is 29.7 Å². The predicted octanol–water partition coefficient (Wildman–Crippen LogP) is 5.05. The molecule has 0 bridgehead atoms. The van der Waals surface area contributed by atoms with Gasteiger partial charge in [-0.2, -0.15) is 13.2 Å². The third kappa shape index (κ3) is 8.39. The number of nitrogen functional groups attached to an aromatic ring is 1. The largest absolute Gasteiger partial charge is 0.495 e. The summed E-state index contributed by atoms with van der Waals surface area (Å²) in [6.45, 7) is 0.888. The molecule has 4 rings (SSSR count). The Morgan fingerprint density at radius 1 is 1.24 bits per heavy atom. The number of rotatable bonds is 5. The summed E-state index contributed by atoms with van der Waals surface area (Å²) in [5.74, 6) is 6.39. The topological polar surface area (TPSA) is 72.5 Å². The fraction of sp³-hybridized carbons (Fsp3) is 0.407. The van der Waals surface area contributed by atoms with E-state index in [1.165, 1.54) is 13.3 Å². The average Bonchev–Trinajstić information content (AvgIpc) is 3.23. The maximum absolute atomic E-state index is 12.8. The maximum Gasteiger partial charge on any atom is 0.406 e. The molecule has 6 nitrogen and oxygen atoms in total. The Morgan fingerprint density at radius 2 is 2.00 bits per heavy atom.